The summed E-state index contributed by atoms with van der Waals surface area (Å²) in [6.07, 6.45) is 8.94. The normalized spacial score (nSPS) is 17.4. The van der Waals surface area contributed by atoms with Crippen molar-refractivity contribution in [3.05, 3.63) is 53.8 Å². The second-order valence-electron chi connectivity index (χ2n) is 4.82. The van der Waals surface area contributed by atoms with E-state index in [1.54, 1.807) is 11.1 Å². The molecule has 0 saturated heterocycles. The average Bonchev–Trinajstić information content (AvgIpc) is 2.43. The fourth-order valence-corrected chi connectivity index (χ4v) is 2.40. The number of hydrazine groups is 1. The van der Waals surface area contributed by atoms with Crippen molar-refractivity contribution in [2.75, 3.05) is 5.01 Å². The van der Waals surface area contributed by atoms with Gasteiger partial charge in [-0.05, 0) is 30.5 Å². The number of fused-ring (bicyclic) bond motifs is 1. The highest BCUT2D eigenvalue weighted by Gasteiger charge is 2.21. The SMILES string of the molecule is CC=CC(=O)NN1C=CC(N)c2cccc(CCC)c21. The summed E-state index contributed by atoms with van der Waals surface area (Å²) in [6, 6.07) is 5.99. The summed E-state index contributed by atoms with van der Waals surface area (Å²) in [6.45, 7) is 3.96. The van der Waals surface area contributed by atoms with Gasteiger partial charge in [-0.2, -0.15) is 0 Å². The average molecular weight is 271 g/mol. The second-order valence-corrected chi connectivity index (χ2v) is 4.82. The van der Waals surface area contributed by atoms with Crippen LogP contribution in [-0.4, -0.2) is 5.91 Å². The van der Waals surface area contributed by atoms with Gasteiger partial charge in [0.25, 0.3) is 5.91 Å². The fourth-order valence-electron chi connectivity index (χ4n) is 2.40. The Balaban J connectivity index is 2.38. The summed E-state index contributed by atoms with van der Waals surface area (Å²) in [7, 11) is 0. The first-order chi connectivity index (χ1) is 9.67. The van der Waals surface area contributed by atoms with Gasteiger partial charge in [0.05, 0.1) is 11.7 Å². The monoisotopic (exact) mass is 271 g/mol. The molecule has 0 radical (unpaired) electrons. The van der Waals surface area contributed by atoms with Gasteiger partial charge >= 0.3 is 0 Å². The number of benzene rings is 1. The van der Waals surface area contributed by atoms with Crippen LogP contribution in [0.3, 0.4) is 0 Å². The molecule has 2 rings (SSSR count). The molecular formula is C16H21N3O. The Morgan fingerprint density at radius 1 is 1.50 bits per heavy atom. The first-order valence-electron chi connectivity index (χ1n) is 6.95. The number of nitrogens with one attached hydrogen (secondary N) is 1. The van der Waals surface area contributed by atoms with Gasteiger partial charge in [-0.25, -0.2) is 0 Å². The first-order valence-corrected chi connectivity index (χ1v) is 6.95. The molecule has 1 atom stereocenters. The van der Waals surface area contributed by atoms with Crippen molar-refractivity contribution in [3.63, 3.8) is 0 Å². The molecule has 4 heteroatoms. The molecule has 0 aliphatic carbocycles. The van der Waals surface area contributed by atoms with E-state index in [0.29, 0.717) is 0 Å². The van der Waals surface area contributed by atoms with E-state index < -0.39 is 0 Å². The van der Waals surface area contributed by atoms with E-state index >= 15 is 0 Å². The molecule has 20 heavy (non-hydrogen) atoms. The van der Waals surface area contributed by atoms with Crippen LogP contribution in [0.2, 0.25) is 0 Å². The van der Waals surface area contributed by atoms with Crippen molar-refractivity contribution in [2.24, 2.45) is 5.73 Å². The summed E-state index contributed by atoms with van der Waals surface area (Å²) < 4.78 is 0. The number of carbonyl (C=O) groups excluding carboxylic acids is 1. The number of hydrogen-bond donors (Lipinski definition) is 2. The van der Waals surface area contributed by atoms with Crippen LogP contribution in [-0.2, 0) is 11.2 Å². The van der Waals surface area contributed by atoms with Crippen molar-refractivity contribution in [2.45, 2.75) is 32.7 Å². The summed E-state index contributed by atoms with van der Waals surface area (Å²) in [5.74, 6) is -0.148. The van der Waals surface area contributed by atoms with Crippen molar-refractivity contribution < 1.29 is 4.79 Å². The molecule has 1 aromatic rings. The Kier molecular flexibility index (Phi) is 4.58. The largest absolute Gasteiger partial charge is 0.321 e. The second kappa shape index (κ2) is 6.39. The van der Waals surface area contributed by atoms with Crippen LogP contribution in [0.25, 0.3) is 0 Å². The number of aryl methyl sites for hydroxylation is 1. The third-order valence-electron chi connectivity index (χ3n) is 3.26. The zero-order valence-electron chi connectivity index (χ0n) is 12.0. The van der Waals surface area contributed by atoms with Gasteiger partial charge in [-0.3, -0.25) is 15.2 Å². The molecule has 0 aromatic heterocycles. The van der Waals surface area contributed by atoms with E-state index in [1.165, 1.54) is 11.6 Å². The lowest BCUT2D eigenvalue weighted by atomic mass is 9.96. The Labute approximate surface area is 119 Å². The van der Waals surface area contributed by atoms with Crippen LogP contribution in [0.5, 0.6) is 0 Å². The smallest absolute Gasteiger partial charge is 0.262 e. The van der Waals surface area contributed by atoms with Crippen LogP contribution in [0.1, 0.15) is 37.4 Å². The topological polar surface area (TPSA) is 58.4 Å². The Bertz CT molecular complexity index is 549. The minimum absolute atomic E-state index is 0.128. The minimum Gasteiger partial charge on any atom is -0.321 e. The highest BCUT2D eigenvalue weighted by molar-refractivity contribution is 5.89. The van der Waals surface area contributed by atoms with Crippen LogP contribution >= 0.6 is 0 Å². The molecule has 106 valence electrons. The number of anilines is 1. The molecule has 0 bridgehead atoms. The molecule has 0 spiro atoms. The van der Waals surface area contributed by atoms with Crippen LogP contribution in [0.15, 0.2) is 42.6 Å². The number of hydrogen-bond acceptors (Lipinski definition) is 3. The van der Waals surface area contributed by atoms with E-state index in [-0.39, 0.29) is 11.9 Å². The van der Waals surface area contributed by atoms with E-state index in [1.807, 2.05) is 31.3 Å². The molecular weight excluding hydrogens is 250 g/mol. The molecule has 1 heterocycles. The Morgan fingerprint density at radius 3 is 3.00 bits per heavy atom. The van der Waals surface area contributed by atoms with Gasteiger partial charge in [0.1, 0.15) is 0 Å². The van der Waals surface area contributed by atoms with Gasteiger partial charge in [-0.15, -0.1) is 0 Å². The molecule has 1 aliphatic rings. The lowest BCUT2D eigenvalue weighted by Crippen LogP contribution is -2.40. The maximum absolute atomic E-state index is 11.8. The van der Waals surface area contributed by atoms with E-state index in [4.69, 9.17) is 5.73 Å². The van der Waals surface area contributed by atoms with Gasteiger partial charge in [0.15, 0.2) is 0 Å². The summed E-state index contributed by atoms with van der Waals surface area (Å²) in [4.78, 5) is 11.8. The zero-order valence-corrected chi connectivity index (χ0v) is 12.0. The number of rotatable bonds is 4. The van der Waals surface area contributed by atoms with Gasteiger partial charge in [0.2, 0.25) is 0 Å². The highest BCUT2D eigenvalue weighted by Crippen LogP contribution is 2.33. The molecule has 1 unspecified atom stereocenters. The van der Waals surface area contributed by atoms with E-state index in [2.05, 4.69) is 18.4 Å². The summed E-state index contributed by atoms with van der Waals surface area (Å²) in [5, 5.41) is 1.77. The van der Waals surface area contributed by atoms with E-state index in [0.717, 1.165) is 24.1 Å². The maximum Gasteiger partial charge on any atom is 0.262 e. The summed E-state index contributed by atoms with van der Waals surface area (Å²) >= 11 is 0. The van der Waals surface area contributed by atoms with E-state index in [9.17, 15) is 4.79 Å². The maximum atomic E-state index is 11.8. The number of allylic oxidation sites excluding steroid dienone is 1. The quantitative estimate of drug-likeness (QED) is 0.827. The lowest BCUT2D eigenvalue weighted by Gasteiger charge is -2.31. The van der Waals surface area contributed by atoms with Crippen LogP contribution in [0.4, 0.5) is 5.69 Å². The van der Waals surface area contributed by atoms with Gasteiger partial charge in [-0.1, -0.05) is 37.6 Å². The third kappa shape index (κ3) is 2.91. The highest BCUT2D eigenvalue weighted by atomic mass is 16.2. The lowest BCUT2D eigenvalue weighted by molar-refractivity contribution is -0.116. The van der Waals surface area contributed by atoms with Crippen LogP contribution in [0, 0.1) is 0 Å². The van der Waals surface area contributed by atoms with Gasteiger partial charge in [0, 0.05) is 12.3 Å². The minimum atomic E-state index is -0.148. The third-order valence-corrected chi connectivity index (χ3v) is 3.26. The fraction of sp³-hybridized carbons (Fsp3) is 0.312. The molecule has 1 amide bonds. The number of nitrogens with zero attached hydrogens (tertiary/aromatic N) is 1. The zero-order chi connectivity index (χ0) is 14.5. The first kappa shape index (κ1) is 14.3. The predicted octanol–water partition coefficient (Wildman–Crippen LogP) is 2.58. The van der Waals surface area contributed by atoms with Crippen molar-refractivity contribution >= 4 is 11.6 Å². The standard InChI is InChI=1S/C16H21N3O/c1-3-6-12-8-5-9-13-14(17)10-11-19(16(12)13)18-15(20)7-4-2/h4-5,7-11,14H,3,6,17H2,1-2H3,(H,18,20). The van der Waals surface area contributed by atoms with Gasteiger partial charge < -0.3 is 5.73 Å². The van der Waals surface area contributed by atoms with Crippen molar-refractivity contribution in [1.29, 1.82) is 0 Å². The summed E-state index contributed by atoms with van der Waals surface area (Å²) in [5.41, 5.74) is 12.2. The molecule has 3 N–H and O–H groups in total. The molecule has 0 saturated carbocycles. The van der Waals surface area contributed by atoms with Crippen molar-refractivity contribution in [3.8, 4) is 0 Å². The number of nitrogens with two attached hydrogens (primary N) is 1. The Morgan fingerprint density at radius 2 is 2.30 bits per heavy atom. The number of para-hydroxylation sites is 1. The predicted molar refractivity (Wildman–Crippen MR) is 81.9 cm³/mol. The molecule has 4 nitrogen and oxygen atoms in total. The van der Waals surface area contributed by atoms with Crippen molar-refractivity contribution in [1.82, 2.24) is 5.43 Å². The number of carbonyl (C=O) groups is 1. The Hall–Kier alpha value is -2.07. The molecule has 1 aliphatic heterocycles. The molecule has 0 fully saturated rings. The molecule has 1 aromatic carbocycles. The number of amides is 1. The van der Waals surface area contributed by atoms with Crippen LogP contribution < -0.4 is 16.2 Å².